The molecule has 1 atom stereocenters. The number of hydrogen-bond donors (Lipinski definition) is 1. The minimum absolute atomic E-state index is 0.122. The lowest BCUT2D eigenvalue weighted by molar-refractivity contribution is 0.462. The molecular formula is C27H26N4OS2. The van der Waals surface area contributed by atoms with Gasteiger partial charge in [0, 0.05) is 24.0 Å². The van der Waals surface area contributed by atoms with Crippen molar-refractivity contribution in [2.45, 2.75) is 51.2 Å². The van der Waals surface area contributed by atoms with Gasteiger partial charge in [0.25, 0.3) is 5.56 Å². The first-order valence-electron chi connectivity index (χ1n) is 11.9. The lowest BCUT2D eigenvalue weighted by atomic mass is 9.93. The molecule has 0 saturated heterocycles. The van der Waals surface area contributed by atoms with E-state index in [2.05, 4.69) is 52.8 Å². The third kappa shape index (κ3) is 4.31. The van der Waals surface area contributed by atoms with Crippen LogP contribution in [0.4, 0.5) is 0 Å². The molecule has 1 aliphatic rings. The lowest BCUT2D eigenvalue weighted by Crippen LogP contribution is -2.33. The molecule has 0 bridgehead atoms. The maximum absolute atomic E-state index is 13.3. The molecule has 5 nitrogen and oxygen atoms in total. The summed E-state index contributed by atoms with van der Waals surface area (Å²) >= 11 is 3.45. The molecule has 0 fully saturated rings. The third-order valence-corrected chi connectivity index (χ3v) is 8.82. The average Bonchev–Trinajstić information content (AvgIpc) is 3.45. The van der Waals surface area contributed by atoms with E-state index in [0.29, 0.717) is 12.6 Å². The molecule has 0 amide bonds. The normalized spacial score (nSPS) is 15.7. The summed E-state index contributed by atoms with van der Waals surface area (Å²) in [6.45, 7) is 1.49. The highest BCUT2D eigenvalue weighted by Gasteiger charge is 2.25. The average molecular weight is 487 g/mol. The summed E-state index contributed by atoms with van der Waals surface area (Å²) in [5, 5.41) is 5.69. The lowest BCUT2D eigenvalue weighted by Gasteiger charge is -2.23. The Hall–Kier alpha value is -2.87. The first-order valence-corrected chi connectivity index (χ1v) is 13.5. The van der Waals surface area contributed by atoms with Crippen LogP contribution in [0.25, 0.3) is 20.4 Å². The molecule has 0 spiro atoms. The largest absolute Gasteiger partial charge is 0.307 e. The van der Waals surface area contributed by atoms with E-state index in [9.17, 15) is 4.79 Å². The molecule has 5 aromatic rings. The van der Waals surface area contributed by atoms with Crippen LogP contribution in [0.3, 0.4) is 0 Å². The van der Waals surface area contributed by atoms with Gasteiger partial charge < -0.3 is 5.32 Å². The van der Waals surface area contributed by atoms with Gasteiger partial charge in [0.1, 0.15) is 9.84 Å². The van der Waals surface area contributed by atoms with E-state index in [-0.39, 0.29) is 5.56 Å². The smallest absolute Gasteiger partial charge is 0.262 e. The molecule has 1 unspecified atom stereocenters. The minimum Gasteiger partial charge on any atom is -0.307 e. The Labute approximate surface area is 206 Å². The number of para-hydroxylation sites is 1. The van der Waals surface area contributed by atoms with Crippen molar-refractivity contribution in [3.05, 3.63) is 92.3 Å². The van der Waals surface area contributed by atoms with Crippen molar-refractivity contribution >= 4 is 43.1 Å². The van der Waals surface area contributed by atoms with Crippen LogP contribution in [0.2, 0.25) is 0 Å². The standard InChI is InChI=1S/C27H26N4OS2/c32-27-25-20-13-12-19(28-16-24-30-21-10-4-5-11-22(21)33-24)15-23(20)34-26(25)29-17-31(27)14-6-9-18-7-2-1-3-8-18/h1-5,7-8,10-11,17,19,28H,6,9,12-16H2. The molecule has 3 aromatic heterocycles. The van der Waals surface area contributed by atoms with Gasteiger partial charge in [-0.05, 0) is 55.4 Å². The molecule has 7 heteroatoms. The Morgan fingerprint density at radius 1 is 1.06 bits per heavy atom. The second-order valence-corrected chi connectivity index (χ2v) is 11.1. The predicted octanol–water partition coefficient (Wildman–Crippen LogP) is 5.35. The number of nitrogens with one attached hydrogen (secondary N) is 1. The number of nitrogens with zero attached hydrogens (tertiary/aromatic N) is 3. The molecular weight excluding hydrogens is 460 g/mol. The summed E-state index contributed by atoms with van der Waals surface area (Å²) in [6.07, 6.45) is 6.55. The fourth-order valence-corrected chi connectivity index (χ4v) is 7.04. The molecule has 172 valence electrons. The van der Waals surface area contributed by atoms with Gasteiger partial charge in [-0.25, -0.2) is 9.97 Å². The predicted molar refractivity (Wildman–Crippen MR) is 141 cm³/mol. The first-order chi connectivity index (χ1) is 16.7. The second-order valence-electron chi connectivity index (χ2n) is 8.91. The van der Waals surface area contributed by atoms with Gasteiger partial charge in [-0.15, -0.1) is 22.7 Å². The number of thiazole rings is 1. The maximum Gasteiger partial charge on any atom is 0.262 e. The summed E-state index contributed by atoms with van der Waals surface area (Å²) in [6, 6.07) is 19.1. The van der Waals surface area contributed by atoms with E-state index < -0.39 is 0 Å². The van der Waals surface area contributed by atoms with Crippen LogP contribution in [0.5, 0.6) is 0 Å². The second kappa shape index (κ2) is 9.41. The highest BCUT2D eigenvalue weighted by Crippen LogP contribution is 2.34. The summed E-state index contributed by atoms with van der Waals surface area (Å²) < 4.78 is 3.04. The van der Waals surface area contributed by atoms with E-state index >= 15 is 0 Å². The highest BCUT2D eigenvalue weighted by molar-refractivity contribution is 7.19. The van der Waals surface area contributed by atoms with Gasteiger partial charge in [0.15, 0.2) is 0 Å². The zero-order valence-electron chi connectivity index (χ0n) is 18.9. The van der Waals surface area contributed by atoms with Crippen molar-refractivity contribution in [1.29, 1.82) is 0 Å². The van der Waals surface area contributed by atoms with Crippen LogP contribution in [0.15, 0.2) is 65.7 Å². The molecule has 1 aliphatic carbocycles. The SMILES string of the molecule is O=c1c2c3c(sc2ncn1CCCc1ccccc1)CC(NCc1nc2ccccc2s1)CC3. The number of aromatic nitrogens is 3. The Bertz CT molecular complexity index is 1470. The molecule has 1 N–H and O–H groups in total. The number of rotatable bonds is 7. The molecule has 6 rings (SSSR count). The van der Waals surface area contributed by atoms with Gasteiger partial charge in [0.2, 0.25) is 0 Å². The van der Waals surface area contributed by atoms with Crippen LogP contribution < -0.4 is 10.9 Å². The number of hydrogen-bond acceptors (Lipinski definition) is 6. The molecule has 34 heavy (non-hydrogen) atoms. The number of fused-ring (bicyclic) bond motifs is 4. The van der Waals surface area contributed by atoms with E-state index in [0.717, 1.165) is 59.4 Å². The van der Waals surface area contributed by atoms with Crippen molar-refractivity contribution < 1.29 is 0 Å². The number of benzene rings is 2. The topological polar surface area (TPSA) is 59.8 Å². The fraction of sp³-hybridized carbons (Fsp3) is 0.296. The Kier molecular flexibility index (Phi) is 5.99. The summed E-state index contributed by atoms with van der Waals surface area (Å²) in [5.74, 6) is 0. The van der Waals surface area contributed by atoms with Gasteiger partial charge in [-0.3, -0.25) is 9.36 Å². The van der Waals surface area contributed by atoms with Gasteiger partial charge in [0.05, 0.1) is 21.9 Å². The molecule has 2 aromatic carbocycles. The number of thiophene rings is 1. The zero-order valence-corrected chi connectivity index (χ0v) is 20.5. The van der Waals surface area contributed by atoms with Gasteiger partial charge in [-0.1, -0.05) is 42.5 Å². The molecule has 0 aliphatic heterocycles. The van der Waals surface area contributed by atoms with Crippen LogP contribution in [-0.2, 0) is 32.4 Å². The fourth-order valence-electron chi connectivity index (χ4n) is 4.86. The zero-order chi connectivity index (χ0) is 22.9. The summed E-state index contributed by atoms with van der Waals surface area (Å²) in [7, 11) is 0. The van der Waals surface area contributed by atoms with Crippen molar-refractivity contribution in [2.75, 3.05) is 0 Å². The van der Waals surface area contributed by atoms with E-state index in [1.54, 1.807) is 33.6 Å². The summed E-state index contributed by atoms with van der Waals surface area (Å²) in [4.78, 5) is 24.9. The monoisotopic (exact) mass is 486 g/mol. The van der Waals surface area contributed by atoms with Crippen molar-refractivity contribution in [1.82, 2.24) is 19.9 Å². The van der Waals surface area contributed by atoms with Crippen molar-refractivity contribution in [3.8, 4) is 0 Å². The molecule has 3 heterocycles. The molecule has 0 saturated carbocycles. The van der Waals surface area contributed by atoms with E-state index in [4.69, 9.17) is 4.98 Å². The quantitative estimate of drug-likeness (QED) is 0.337. The highest BCUT2D eigenvalue weighted by atomic mass is 32.1. The van der Waals surface area contributed by atoms with Gasteiger partial charge >= 0.3 is 0 Å². The molecule has 0 radical (unpaired) electrons. The number of aryl methyl sites for hydroxylation is 3. The minimum atomic E-state index is 0.122. The maximum atomic E-state index is 13.3. The van der Waals surface area contributed by atoms with Crippen molar-refractivity contribution in [2.24, 2.45) is 0 Å². The Morgan fingerprint density at radius 3 is 2.79 bits per heavy atom. The Morgan fingerprint density at radius 2 is 1.91 bits per heavy atom. The summed E-state index contributed by atoms with van der Waals surface area (Å²) in [5.41, 5.74) is 3.73. The Balaban J connectivity index is 1.14. The van der Waals surface area contributed by atoms with Crippen LogP contribution >= 0.6 is 22.7 Å². The van der Waals surface area contributed by atoms with Crippen LogP contribution in [-0.4, -0.2) is 20.6 Å². The first kappa shape index (κ1) is 21.6. The van der Waals surface area contributed by atoms with Crippen LogP contribution in [0.1, 0.15) is 33.9 Å². The van der Waals surface area contributed by atoms with Gasteiger partial charge in [-0.2, -0.15) is 0 Å². The third-order valence-electron chi connectivity index (χ3n) is 6.62. The van der Waals surface area contributed by atoms with E-state index in [1.807, 2.05) is 12.1 Å². The van der Waals surface area contributed by atoms with Crippen LogP contribution in [0, 0.1) is 0 Å². The van der Waals surface area contributed by atoms with Crippen molar-refractivity contribution in [3.63, 3.8) is 0 Å². The van der Waals surface area contributed by atoms with E-state index in [1.165, 1.54) is 20.7 Å².